The number of hydrogen-bond acceptors (Lipinski definition) is 4. The summed E-state index contributed by atoms with van der Waals surface area (Å²) in [4.78, 5) is 22.5. The molecular formula is C15H21FN2O4. The number of benzene rings is 1. The van der Waals surface area contributed by atoms with Gasteiger partial charge in [-0.3, -0.25) is 14.9 Å². The fraction of sp³-hybridized carbons (Fsp3) is 0.467. The Hall–Kier alpha value is -2.15. The molecule has 1 atom stereocenters. The van der Waals surface area contributed by atoms with Crippen LogP contribution in [0.5, 0.6) is 5.75 Å². The molecule has 0 aliphatic carbocycles. The van der Waals surface area contributed by atoms with Gasteiger partial charge < -0.3 is 15.2 Å². The van der Waals surface area contributed by atoms with E-state index < -0.39 is 12.0 Å². The lowest BCUT2D eigenvalue weighted by atomic mass is 10.2. The number of nitrogens with one attached hydrogen (secondary N) is 2. The molecule has 0 radical (unpaired) electrons. The number of carbonyl (C=O) groups excluding carboxylic acids is 1. The molecule has 0 heterocycles. The topological polar surface area (TPSA) is 87.7 Å². The van der Waals surface area contributed by atoms with Crippen molar-refractivity contribution in [3.63, 3.8) is 0 Å². The van der Waals surface area contributed by atoms with Gasteiger partial charge in [0.25, 0.3) is 0 Å². The van der Waals surface area contributed by atoms with E-state index in [-0.39, 0.29) is 31.4 Å². The maximum absolute atomic E-state index is 12.9. The van der Waals surface area contributed by atoms with Crippen molar-refractivity contribution in [2.75, 3.05) is 19.7 Å². The van der Waals surface area contributed by atoms with Crippen LogP contribution in [0, 0.1) is 5.82 Å². The van der Waals surface area contributed by atoms with Crippen LogP contribution in [0.3, 0.4) is 0 Å². The van der Waals surface area contributed by atoms with Gasteiger partial charge in [-0.05, 0) is 18.6 Å². The Morgan fingerprint density at radius 3 is 2.82 bits per heavy atom. The standard InChI is InChI=1S/C15H21FN2O4/c1-2-4-13(15(20)21)18-10-14(19)17-7-8-22-12-6-3-5-11(16)9-12/h3,5-6,9,13,18H,2,4,7-8,10H2,1H3,(H,17,19)(H,20,21). The molecule has 0 saturated carbocycles. The van der Waals surface area contributed by atoms with Gasteiger partial charge in [0.2, 0.25) is 5.91 Å². The SMILES string of the molecule is CCCC(NCC(=O)NCCOc1cccc(F)c1)C(=O)O. The van der Waals surface area contributed by atoms with Crippen LogP contribution in [0.4, 0.5) is 4.39 Å². The summed E-state index contributed by atoms with van der Waals surface area (Å²) < 4.78 is 18.2. The predicted octanol–water partition coefficient (Wildman–Crippen LogP) is 1.16. The van der Waals surface area contributed by atoms with Crippen molar-refractivity contribution in [1.29, 1.82) is 0 Å². The number of aliphatic carboxylic acids is 1. The van der Waals surface area contributed by atoms with Crippen LogP contribution in [0.15, 0.2) is 24.3 Å². The summed E-state index contributed by atoms with van der Waals surface area (Å²) in [5.74, 6) is -1.28. The first-order chi connectivity index (χ1) is 10.5. The van der Waals surface area contributed by atoms with Gasteiger partial charge in [-0.1, -0.05) is 19.4 Å². The molecule has 0 spiro atoms. The van der Waals surface area contributed by atoms with Crippen LogP contribution < -0.4 is 15.4 Å². The van der Waals surface area contributed by atoms with Crippen molar-refractivity contribution < 1.29 is 23.8 Å². The number of hydrogen-bond donors (Lipinski definition) is 3. The molecule has 0 aliphatic rings. The fourth-order valence-corrected chi connectivity index (χ4v) is 1.80. The number of rotatable bonds is 10. The Morgan fingerprint density at radius 1 is 1.41 bits per heavy atom. The van der Waals surface area contributed by atoms with Crippen molar-refractivity contribution in [3.8, 4) is 5.75 Å². The van der Waals surface area contributed by atoms with Gasteiger partial charge in [-0.2, -0.15) is 0 Å². The maximum Gasteiger partial charge on any atom is 0.320 e. The highest BCUT2D eigenvalue weighted by Gasteiger charge is 2.16. The van der Waals surface area contributed by atoms with Crippen molar-refractivity contribution >= 4 is 11.9 Å². The second-order valence-electron chi connectivity index (χ2n) is 4.72. The van der Waals surface area contributed by atoms with Crippen molar-refractivity contribution in [2.24, 2.45) is 0 Å². The lowest BCUT2D eigenvalue weighted by Crippen LogP contribution is -2.43. The molecule has 1 rings (SSSR count). The molecule has 0 fully saturated rings. The molecule has 1 amide bonds. The van der Waals surface area contributed by atoms with Gasteiger partial charge in [-0.15, -0.1) is 0 Å². The maximum atomic E-state index is 12.9. The number of carbonyl (C=O) groups is 2. The van der Waals surface area contributed by atoms with Gasteiger partial charge in [0, 0.05) is 6.07 Å². The van der Waals surface area contributed by atoms with Crippen LogP contribution in [0.2, 0.25) is 0 Å². The van der Waals surface area contributed by atoms with E-state index in [9.17, 15) is 14.0 Å². The Morgan fingerprint density at radius 2 is 2.18 bits per heavy atom. The summed E-state index contributed by atoms with van der Waals surface area (Å²) in [6.45, 7) is 2.26. The Balaban J connectivity index is 2.19. The highest BCUT2D eigenvalue weighted by Crippen LogP contribution is 2.11. The Kier molecular flexibility index (Phi) is 7.91. The van der Waals surface area contributed by atoms with Gasteiger partial charge in [0.1, 0.15) is 24.2 Å². The molecule has 1 aromatic carbocycles. The van der Waals surface area contributed by atoms with E-state index in [1.165, 1.54) is 18.2 Å². The van der Waals surface area contributed by atoms with E-state index in [4.69, 9.17) is 9.84 Å². The molecule has 0 bridgehead atoms. The van der Waals surface area contributed by atoms with Crippen LogP contribution in [-0.4, -0.2) is 42.7 Å². The summed E-state index contributed by atoms with van der Waals surface area (Å²) in [5.41, 5.74) is 0. The Bertz CT molecular complexity index is 496. The molecule has 1 aromatic rings. The van der Waals surface area contributed by atoms with Crippen LogP contribution in [-0.2, 0) is 9.59 Å². The highest BCUT2D eigenvalue weighted by molar-refractivity contribution is 5.79. The largest absolute Gasteiger partial charge is 0.492 e. The quantitative estimate of drug-likeness (QED) is 0.564. The molecular weight excluding hydrogens is 291 g/mol. The molecule has 6 nitrogen and oxygen atoms in total. The van der Waals surface area contributed by atoms with E-state index in [1.54, 1.807) is 6.07 Å². The summed E-state index contributed by atoms with van der Waals surface area (Å²) in [6.07, 6.45) is 1.18. The first-order valence-corrected chi connectivity index (χ1v) is 7.14. The fourth-order valence-electron chi connectivity index (χ4n) is 1.80. The zero-order valence-electron chi connectivity index (χ0n) is 12.5. The average Bonchev–Trinajstić information content (AvgIpc) is 2.47. The lowest BCUT2D eigenvalue weighted by molar-refractivity contribution is -0.139. The molecule has 7 heteroatoms. The monoisotopic (exact) mass is 312 g/mol. The molecule has 122 valence electrons. The van der Waals surface area contributed by atoms with Crippen LogP contribution >= 0.6 is 0 Å². The second kappa shape index (κ2) is 9.73. The van der Waals surface area contributed by atoms with Crippen molar-refractivity contribution in [3.05, 3.63) is 30.1 Å². The van der Waals surface area contributed by atoms with E-state index in [2.05, 4.69) is 10.6 Å². The first-order valence-electron chi connectivity index (χ1n) is 7.14. The highest BCUT2D eigenvalue weighted by atomic mass is 19.1. The molecule has 3 N–H and O–H groups in total. The first kappa shape index (κ1) is 17.9. The zero-order valence-corrected chi connectivity index (χ0v) is 12.5. The number of ether oxygens (including phenoxy) is 1. The molecule has 0 aromatic heterocycles. The summed E-state index contributed by atoms with van der Waals surface area (Å²) >= 11 is 0. The number of carboxylic acid groups (broad SMARTS) is 1. The summed E-state index contributed by atoms with van der Waals surface area (Å²) in [7, 11) is 0. The number of amides is 1. The zero-order chi connectivity index (χ0) is 16.4. The molecule has 1 unspecified atom stereocenters. The lowest BCUT2D eigenvalue weighted by Gasteiger charge is -2.13. The van der Waals surface area contributed by atoms with Crippen LogP contribution in [0.25, 0.3) is 0 Å². The van der Waals surface area contributed by atoms with E-state index in [0.29, 0.717) is 18.6 Å². The number of halogens is 1. The summed E-state index contributed by atoms with van der Waals surface area (Å²) in [6, 6.07) is 5.00. The van der Waals surface area contributed by atoms with Crippen LogP contribution in [0.1, 0.15) is 19.8 Å². The minimum absolute atomic E-state index is 0.0725. The van der Waals surface area contributed by atoms with Crippen molar-refractivity contribution in [2.45, 2.75) is 25.8 Å². The van der Waals surface area contributed by atoms with E-state index in [0.717, 1.165) is 0 Å². The third-order valence-corrected chi connectivity index (χ3v) is 2.87. The van der Waals surface area contributed by atoms with Gasteiger partial charge in [-0.25, -0.2) is 4.39 Å². The third-order valence-electron chi connectivity index (χ3n) is 2.87. The minimum Gasteiger partial charge on any atom is -0.492 e. The van der Waals surface area contributed by atoms with Gasteiger partial charge >= 0.3 is 5.97 Å². The van der Waals surface area contributed by atoms with Gasteiger partial charge in [0.05, 0.1) is 13.1 Å². The third kappa shape index (κ3) is 7.03. The molecule has 22 heavy (non-hydrogen) atoms. The Labute approximate surface area is 128 Å². The molecule has 0 aliphatic heterocycles. The summed E-state index contributed by atoms with van der Waals surface area (Å²) in [5, 5.41) is 14.2. The average molecular weight is 312 g/mol. The smallest absolute Gasteiger partial charge is 0.320 e. The molecule has 0 saturated heterocycles. The normalized spacial score (nSPS) is 11.7. The van der Waals surface area contributed by atoms with Crippen molar-refractivity contribution in [1.82, 2.24) is 10.6 Å². The van der Waals surface area contributed by atoms with E-state index >= 15 is 0 Å². The van der Waals surface area contributed by atoms with Gasteiger partial charge in [0.15, 0.2) is 0 Å². The second-order valence-corrected chi connectivity index (χ2v) is 4.72. The number of carboxylic acids is 1. The van der Waals surface area contributed by atoms with E-state index in [1.807, 2.05) is 6.92 Å². The minimum atomic E-state index is -0.968. The predicted molar refractivity (Wildman–Crippen MR) is 79.2 cm³/mol.